The molecule has 1 heterocycles. The van der Waals surface area contributed by atoms with E-state index in [0.717, 1.165) is 18.4 Å². The Morgan fingerprint density at radius 3 is 2.59 bits per heavy atom. The molecular formula is C19H21ClN2O3S2. The Labute approximate surface area is 169 Å². The molecule has 0 spiro atoms. The number of nitrogens with one attached hydrogen (secondary N) is 1. The van der Waals surface area contributed by atoms with Crippen LogP contribution in [0.5, 0.6) is 0 Å². The van der Waals surface area contributed by atoms with Crippen molar-refractivity contribution in [2.24, 2.45) is 0 Å². The van der Waals surface area contributed by atoms with E-state index < -0.39 is 10.0 Å². The van der Waals surface area contributed by atoms with Crippen LogP contribution in [0.25, 0.3) is 0 Å². The van der Waals surface area contributed by atoms with Crippen molar-refractivity contribution in [3.05, 3.63) is 59.1 Å². The highest BCUT2D eigenvalue weighted by atomic mass is 35.5. The van der Waals surface area contributed by atoms with Crippen LogP contribution in [-0.4, -0.2) is 37.5 Å². The van der Waals surface area contributed by atoms with Gasteiger partial charge in [0.1, 0.15) is 0 Å². The average Bonchev–Trinajstić information content (AvgIpc) is 3.19. The minimum absolute atomic E-state index is 0.178. The summed E-state index contributed by atoms with van der Waals surface area (Å²) in [6, 6.07) is 14.0. The Morgan fingerprint density at radius 2 is 1.85 bits per heavy atom. The lowest BCUT2D eigenvalue weighted by atomic mass is 10.2. The first-order valence-electron chi connectivity index (χ1n) is 8.68. The average molecular weight is 425 g/mol. The number of benzene rings is 2. The number of carbonyl (C=O) groups excluding carboxylic acids is 1. The van der Waals surface area contributed by atoms with Crippen molar-refractivity contribution in [2.45, 2.75) is 23.5 Å². The van der Waals surface area contributed by atoms with Crippen LogP contribution in [0, 0.1) is 0 Å². The highest BCUT2D eigenvalue weighted by Gasteiger charge is 2.27. The minimum Gasteiger partial charge on any atom is -0.325 e. The molecule has 5 nitrogen and oxygen atoms in total. The molecule has 0 saturated carbocycles. The molecule has 3 rings (SSSR count). The van der Waals surface area contributed by atoms with Crippen molar-refractivity contribution in [3.8, 4) is 0 Å². The molecule has 8 heteroatoms. The van der Waals surface area contributed by atoms with Crippen LogP contribution >= 0.6 is 23.4 Å². The van der Waals surface area contributed by atoms with Crippen LogP contribution in [-0.2, 0) is 20.6 Å². The van der Waals surface area contributed by atoms with Crippen molar-refractivity contribution >= 4 is 45.0 Å². The fraction of sp³-hybridized carbons (Fsp3) is 0.316. The Balaban J connectivity index is 1.57. The van der Waals surface area contributed by atoms with Crippen LogP contribution in [0.3, 0.4) is 0 Å². The summed E-state index contributed by atoms with van der Waals surface area (Å²) in [5.74, 6) is 0.716. The second-order valence-electron chi connectivity index (χ2n) is 6.27. The molecule has 1 amide bonds. The van der Waals surface area contributed by atoms with Gasteiger partial charge in [-0.05, 0) is 42.7 Å². The van der Waals surface area contributed by atoms with Gasteiger partial charge < -0.3 is 5.32 Å². The van der Waals surface area contributed by atoms with Gasteiger partial charge in [-0.25, -0.2) is 8.42 Å². The van der Waals surface area contributed by atoms with Gasteiger partial charge in [-0.3, -0.25) is 4.79 Å². The summed E-state index contributed by atoms with van der Waals surface area (Å²) in [4.78, 5) is 12.4. The van der Waals surface area contributed by atoms with E-state index in [0.29, 0.717) is 29.6 Å². The summed E-state index contributed by atoms with van der Waals surface area (Å²) in [6.07, 6.45) is 1.77. The van der Waals surface area contributed by atoms with E-state index in [-0.39, 0.29) is 16.6 Å². The first-order chi connectivity index (χ1) is 13.0. The summed E-state index contributed by atoms with van der Waals surface area (Å²) >= 11 is 7.56. The summed E-state index contributed by atoms with van der Waals surface area (Å²) in [6.45, 7) is 1.11. The quantitative estimate of drug-likeness (QED) is 0.729. The minimum atomic E-state index is -3.49. The molecule has 0 unspecified atom stereocenters. The predicted octanol–water partition coefficient (Wildman–Crippen LogP) is 4.00. The van der Waals surface area contributed by atoms with Gasteiger partial charge >= 0.3 is 0 Å². The zero-order chi connectivity index (χ0) is 19.3. The molecule has 1 aliphatic heterocycles. The number of halogens is 1. The SMILES string of the molecule is O=C(CSCc1ccccc1Cl)Nc1cccc(S(=O)(=O)N2CCCC2)c1. The maximum absolute atomic E-state index is 12.6. The van der Waals surface area contributed by atoms with Gasteiger partial charge in [0, 0.05) is 29.6 Å². The second-order valence-corrected chi connectivity index (χ2v) is 9.60. The van der Waals surface area contributed by atoms with E-state index in [1.807, 2.05) is 24.3 Å². The lowest BCUT2D eigenvalue weighted by molar-refractivity contribution is -0.113. The second kappa shape index (κ2) is 9.10. The summed E-state index contributed by atoms with van der Waals surface area (Å²) in [5.41, 5.74) is 1.47. The molecule has 0 radical (unpaired) electrons. The standard InChI is InChI=1S/C19H21ClN2O3S2/c20-18-9-2-1-6-15(18)13-26-14-19(23)21-16-7-5-8-17(12-16)27(24,25)22-10-3-4-11-22/h1-2,5-9,12H,3-4,10-11,13-14H2,(H,21,23). The largest absolute Gasteiger partial charge is 0.325 e. The smallest absolute Gasteiger partial charge is 0.243 e. The number of rotatable bonds is 7. The van der Waals surface area contributed by atoms with Crippen LogP contribution in [0.2, 0.25) is 5.02 Å². The Bertz CT molecular complexity index is 913. The van der Waals surface area contributed by atoms with E-state index in [2.05, 4.69) is 5.32 Å². The van der Waals surface area contributed by atoms with E-state index in [1.165, 1.54) is 22.1 Å². The topological polar surface area (TPSA) is 66.5 Å². The fourth-order valence-electron chi connectivity index (χ4n) is 2.88. The molecule has 0 atom stereocenters. The van der Waals surface area contributed by atoms with Crippen molar-refractivity contribution in [2.75, 3.05) is 24.2 Å². The van der Waals surface area contributed by atoms with Crippen molar-refractivity contribution in [3.63, 3.8) is 0 Å². The molecule has 1 saturated heterocycles. The van der Waals surface area contributed by atoms with Gasteiger partial charge in [0.15, 0.2) is 0 Å². The zero-order valence-electron chi connectivity index (χ0n) is 14.7. The van der Waals surface area contributed by atoms with E-state index in [1.54, 1.807) is 18.2 Å². The van der Waals surface area contributed by atoms with Crippen molar-refractivity contribution in [1.29, 1.82) is 0 Å². The normalized spacial score (nSPS) is 15.0. The Kier molecular flexibility index (Phi) is 6.81. The highest BCUT2D eigenvalue weighted by Crippen LogP contribution is 2.24. The number of amides is 1. The lowest BCUT2D eigenvalue weighted by Crippen LogP contribution is -2.28. The number of thioether (sulfide) groups is 1. The molecule has 27 heavy (non-hydrogen) atoms. The number of sulfonamides is 1. The molecule has 0 aromatic heterocycles. The Hall–Kier alpha value is -1.54. The Morgan fingerprint density at radius 1 is 1.11 bits per heavy atom. The van der Waals surface area contributed by atoms with Gasteiger partial charge in [0.25, 0.3) is 0 Å². The number of hydrogen-bond acceptors (Lipinski definition) is 4. The van der Waals surface area contributed by atoms with Gasteiger partial charge in [-0.1, -0.05) is 35.9 Å². The molecule has 144 valence electrons. The summed E-state index contributed by atoms with van der Waals surface area (Å²) in [5, 5.41) is 3.46. The van der Waals surface area contributed by atoms with Gasteiger partial charge in [-0.2, -0.15) is 4.31 Å². The van der Waals surface area contributed by atoms with Crippen LogP contribution in [0.15, 0.2) is 53.4 Å². The number of carbonyl (C=O) groups is 1. The summed E-state index contributed by atoms with van der Waals surface area (Å²) < 4.78 is 26.8. The molecule has 1 aliphatic rings. The molecule has 2 aromatic rings. The van der Waals surface area contributed by atoms with Crippen LogP contribution in [0.1, 0.15) is 18.4 Å². The predicted molar refractivity (Wildman–Crippen MR) is 111 cm³/mol. The molecular weight excluding hydrogens is 404 g/mol. The fourth-order valence-corrected chi connectivity index (χ4v) is 5.55. The van der Waals surface area contributed by atoms with Crippen LogP contribution in [0.4, 0.5) is 5.69 Å². The van der Waals surface area contributed by atoms with Gasteiger partial charge in [-0.15, -0.1) is 11.8 Å². The summed E-state index contributed by atoms with van der Waals surface area (Å²) in [7, 11) is -3.49. The zero-order valence-corrected chi connectivity index (χ0v) is 17.1. The first kappa shape index (κ1) is 20.2. The molecule has 0 bridgehead atoms. The molecule has 1 fully saturated rings. The van der Waals surface area contributed by atoms with Crippen molar-refractivity contribution < 1.29 is 13.2 Å². The van der Waals surface area contributed by atoms with E-state index in [9.17, 15) is 13.2 Å². The maximum Gasteiger partial charge on any atom is 0.243 e. The molecule has 2 aromatic carbocycles. The number of anilines is 1. The molecule has 1 N–H and O–H groups in total. The third-order valence-electron chi connectivity index (χ3n) is 4.27. The van der Waals surface area contributed by atoms with Gasteiger partial charge in [0.2, 0.25) is 15.9 Å². The van der Waals surface area contributed by atoms with E-state index >= 15 is 0 Å². The lowest BCUT2D eigenvalue weighted by Gasteiger charge is -2.16. The monoisotopic (exact) mass is 424 g/mol. The third kappa shape index (κ3) is 5.25. The highest BCUT2D eigenvalue weighted by molar-refractivity contribution is 7.99. The first-order valence-corrected chi connectivity index (χ1v) is 11.7. The van der Waals surface area contributed by atoms with E-state index in [4.69, 9.17) is 11.6 Å². The van der Waals surface area contributed by atoms with Gasteiger partial charge in [0.05, 0.1) is 10.6 Å². The molecule has 0 aliphatic carbocycles. The number of hydrogen-bond donors (Lipinski definition) is 1. The number of nitrogens with zero attached hydrogens (tertiary/aromatic N) is 1. The van der Waals surface area contributed by atoms with Crippen LogP contribution < -0.4 is 5.32 Å². The maximum atomic E-state index is 12.6. The van der Waals surface area contributed by atoms with Crippen molar-refractivity contribution in [1.82, 2.24) is 4.31 Å². The third-order valence-corrected chi connectivity index (χ3v) is 7.51.